The maximum atomic E-state index is 12.2. The Bertz CT molecular complexity index is 415. The summed E-state index contributed by atoms with van der Waals surface area (Å²) in [7, 11) is 0. The Morgan fingerprint density at radius 3 is 2.55 bits per heavy atom. The summed E-state index contributed by atoms with van der Waals surface area (Å²) in [6.45, 7) is 4.33. The molecule has 0 spiro atoms. The normalized spacial score (nSPS) is 18.6. The van der Waals surface area contributed by atoms with Crippen LogP contribution in [0.5, 0.6) is 0 Å². The van der Waals surface area contributed by atoms with Gasteiger partial charge in [-0.15, -0.1) is 0 Å². The van der Waals surface area contributed by atoms with Crippen LogP contribution in [0.25, 0.3) is 0 Å². The Balaban J connectivity index is 1.79. The second-order valence-electron chi connectivity index (χ2n) is 5.53. The van der Waals surface area contributed by atoms with Gasteiger partial charge < -0.3 is 16.0 Å². The lowest BCUT2D eigenvalue weighted by Crippen LogP contribution is -2.50. The Hall–Kier alpha value is -1.39. The zero-order valence-electron chi connectivity index (χ0n) is 12.2. The Labute approximate surface area is 121 Å². The van der Waals surface area contributed by atoms with Gasteiger partial charge in [-0.3, -0.25) is 4.79 Å². The largest absolute Gasteiger partial charge is 0.341 e. The number of nitrogens with one attached hydrogen (secondary N) is 1. The fourth-order valence-corrected chi connectivity index (χ4v) is 2.60. The van der Waals surface area contributed by atoms with E-state index in [-0.39, 0.29) is 11.9 Å². The lowest BCUT2D eigenvalue weighted by atomic mass is 10.1. The maximum absolute atomic E-state index is 12.2. The second kappa shape index (κ2) is 7.41. The molecule has 20 heavy (non-hydrogen) atoms. The van der Waals surface area contributed by atoms with Gasteiger partial charge in [0.1, 0.15) is 0 Å². The molecule has 1 aromatic carbocycles. The van der Waals surface area contributed by atoms with E-state index in [9.17, 15) is 4.79 Å². The van der Waals surface area contributed by atoms with Crippen LogP contribution in [0.3, 0.4) is 0 Å². The third kappa shape index (κ3) is 4.05. The van der Waals surface area contributed by atoms with Crippen molar-refractivity contribution in [2.24, 2.45) is 5.73 Å². The third-order valence-corrected chi connectivity index (χ3v) is 3.93. The molecule has 110 valence electrons. The molecule has 0 saturated carbocycles. The van der Waals surface area contributed by atoms with E-state index >= 15 is 0 Å². The summed E-state index contributed by atoms with van der Waals surface area (Å²) in [4.78, 5) is 14.1. The van der Waals surface area contributed by atoms with Gasteiger partial charge in [0.05, 0.1) is 6.04 Å². The average molecular weight is 275 g/mol. The molecule has 1 saturated heterocycles. The fourth-order valence-electron chi connectivity index (χ4n) is 2.60. The topological polar surface area (TPSA) is 58.4 Å². The molecule has 2 atom stereocenters. The van der Waals surface area contributed by atoms with Crippen LogP contribution in [0.15, 0.2) is 30.3 Å². The molecular formula is C16H25N3O. The second-order valence-corrected chi connectivity index (χ2v) is 5.53. The number of amides is 1. The minimum Gasteiger partial charge on any atom is -0.341 e. The molecule has 1 fully saturated rings. The van der Waals surface area contributed by atoms with Crippen LogP contribution in [0.4, 0.5) is 0 Å². The maximum Gasteiger partial charge on any atom is 0.240 e. The third-order valence-electron chi connectivity index (χ3n) is 3.93. The number of carbonyl (C=O) groups excluding carboxylic acids is 1. The van der Waals surface area contributed by atoms with Crippen LogP contribution in [0, 0.1) is 0 Å². The quantitative estimate of drug-likeness (QED) is 0.859. The summed E-state index contributed by atoms with van der Waals surface area (Å²) in [5.41, 5.74) is 7.23. The van der Waals surface area contributed by atoms with Gasteiger partial charge in [-0.1, -0.05) is 30.3 Å². The number of hydrogen-bond acceptors (Lipinski definition) is 3. The number of rotatable bonds is 5. The molecule has 0 bridgehead atoms. The molecule has 1 aliphatic heterocycles. The van der Waals surface area contributed by atoms with E-state index in [1.165, 1.54) is 12.0 Å². The van der Waals surface area contributed by atoms with E-state index in [1.54, 1.807) is 0 Å². The highest BCUT2D eigenvalue weighted by atomic mass is 16.2. The SMILES string of the molecule is CC(NCC(N)C(=O)N1CCCCC1)c1ccccc1. The van der Waals surface area contributed by atoms with E-state index in [0.29, 0.717) is 6.54 Å². The van der Waals surface area contributed by atoms with Crippen molar-refractivity contribution >= 4 is 5.91 Å². The molecule has 2 unspecified atom stereocenters. The van der Waals surface area contributed by atoms with Crippen LogP contribution >= 0.6 is 0 Å². The van der Waals surface area contributed by atoms with Crippen molar-refractivity contribution in [1.82, 2.24) is 10.2 Å². The minimum atomic E-state index is -0.445. The average Bonchev–Trinajstić information content (AvgIpc) is 2.53. The molecule has 1 aromatic rings. The van der Waals surface area contributed by atoms with Gasteiger partial charge in [-0.05, 0) is 31.7 Å². The first kappa shape index (κ1) is 15.0. The first-order chi connectivity index (χ1) is 9.68. The van der Waals surface area contributed by atoms with Crippen LogP contribution in [-0.4, -0.2) is 36.5 Å². The van der Waals surface area contributed by atoms with Crippen molar-refractivity contribution in [3.8, 4) is 0 Å². The monoisotopic (exact) mass is 275 g/mol. The summed E-state index contributed by atoms with van der Waals surface area (Å²) in [6.07, 6.45) is 3.43. The van der Waals surface area contributed by atoms with Crippen molar-refractivity contribution in [2.45, 2.75) is 38.3 Å². The molecule has 0 aromatic heterocycles. The molecular weight excluding hydrogens is 250 g/mol. The molecule has 1 amide bonds. The van der Waals surface area contributed by atoms with Crippen LogP contribution in [0.1, 0.15) is 37.8 Å². The van der Waals surface area contributed by atoms with Gasteiger partial charge >= 0.3 is 0 Å². The van der Waals surface area contributed by atoms with Crippen molar-refractivity contribution in [1.29, 1.82) is 0 Å². The first-order valence-electron chi connectivity index (χ1n) is 7.51. The summed E-state index contributed by atoms with van der Waals surface area (Å²) < 4.78 is 0. The summed E-state index contributed by atoms with van der Waals surface area (Å²) in [5, 5.41) is 3.35. The minimum absolute atomic E-state index is 0.0810. The number of benzene rings is 1. The number of nitrogens with two attached hydrogens (primary N) is 1. The van der Waals surface area contributed by atoms with E-state index in [1.807, 2.05) is 23.1 Å². The number of likely N-dealkylation sites (tertiary alicyclic amines) is 1. The smallest absolute Gasteiger partial charge is 0.240 e. The van der Waals surface area contributed by atoms with Crippen molar-refractivity contribution in [2.75, 3.05) is 19.6 Å². The lowest BCUT2D eigenvalue weighted by Gasteiger charge is -2.29. The zero-order valence-corrected chi connectivity index (χ0v) is 12.2. The predicted molar refractivity (Wildman–Crippen MR) is 81.3 cm³/mol. The summed E-state index contributed by atoms with van der Waals surface area (Å²) >= 11 is 0. The Morgan fingerprint density at radius 1 is 1.25 bits per heavy atom. The standard InChI is InChI=1S/C16H25N3O/c1-13(14-8-4-2-5-9-14)18-12-15(17)16(20)19-10-6-3-7-11-19/h2,4-5,8-9,13,15,18H,3,6-7,10-12,17H2,1H3. The molecule has 3 N–H and O–H groups in total. The van der Waals surface area contributed by atoms with E-state index in [4.69, 9.17) is 5.73 Å². The number of piperidine rings is 1. The molecule has 0 radical (unpaired) electrons. The van der Waals surface area contributed by atoms with Crippen molar-refractivity contribution < 1.29 is 4.79 Å². The lowest BCUT2D eigenvalue weighted by molar-refractivity contribution is -0.133. The van der Waals surface area contributed by atoms with E-state index < -0.39 is 6.04 Å². The molecule has 4 nitrogen and oxygen atoms in total. The molecule has 0 aliphatic carbocycles. The first-order valence-corrected chi connectivity index (χ1v) is 7.51. The zero-order chi connectivity index (χ0) is 14.4. The van der Waals surface area contributed by atoms with Crippen molar-refractivity contribution in [3.05, 3.63) is 35.9 Å². The fraction of sp³-hybridized carbons (Fsp3) is 0.562. The Morgan fingerprint density at radius 2 is 1.90 bits per heavy atom. The number of hydrogen-bond donors (Lipinski definition) is 2. The summed E-state index contributed by atoms with van der Waals surface area (Å²) in [6, 6.07) is 9.96. The number of carbonyl (C=O) groups is 1. The Kier molecular flexibility index (Phi) is 5.56. The highest BCUT2D eigenvalue weighted by molar-refractivity contribution is 5.82. The number of nitrogens with zero attached hydrogens (tertiary/aromatic N) is 1. The summed E-state index contributed by atoms with van der Waals surface area (Å²) in [5.74, 6) is 0.0810. The van der Waals surface area contributed by atoms with Gasteiger partial charge in [0.2, 0.25) is 5.91 Å². The van der Waals surface area contributed by atoms with Crippen LogP contribution in [0.2, 0.25) is 0 Å². The van der Waals surface area contributed by atoms with Gasteiger partial charge in [-0.25, -0.2) is 0 Å². The van der Waals surface area contributed by atoms with Crippen LogP contribution < -0.4 is 11.1 Å². The molecule has 1 heterocycles. The highest BCUT2D eigenvalue weighted by Gasteiger charge is 2.22. The van der Waals surface area contributed by atoms with E-state index in [0.717, 1.165) is 25.9 Å². The van der Waals surface area contributed by atoms with Gasteiger partial charge in [-0.2, -0.15) is 0 Å². The van der Waals surface area contributed by atoms with E-state index in [2.05, 4.69) is 24.4 Å². The van der Waals surface area contributed by atoms with Gasteiger partial charge in [0.15, 0.2) is 0 Å². The predicted octanol–water partition coefficient (Wildman–Crippen LogP) is 1.68. The van der Waals surface area contributed by atoms with Crippen LogP contribution in [-0.2, 0) is 4.79 Å². The molecule has 4 heteroatoms. The van der Waals surface area contributed by atoms with Crippen molar-refractivity contribution in [3.63, 3.8) is 0 Å². The van der Waals surface area contributed by atoms with Gasteiger partial charge in [0.25, 0.3) is 0 Å². The molecule has 2 rings (SSSR count). The van der Waals surface area contributed by atoms with Gasteiger partial charge in [0, 0.05) is 25.7 Å². The highest BCUT2D eigenvalue weighted by Crippen LogP contribution is 2.12. The molecule has 1 aliphatic rings.